The van der Waals surface area contributed by atoms with E-state index in [1.54, 1.807) is 0 Å². The van der Waals surface area contributed by atoms with Gasteiger partial charge in [-0.25, -0.2) is 0 Å². The predicted molar refractivity (Wildman–Crippen MR) is 117 cm³/mol. The molecule has 172 valence electrons. The number of nitro groups is 1. The molecule has 3 aromatic rings. The molecule has 0 fully saturated rings. The van der Waals surface area contributed by atoms with Crippen LogP contribution in [0.4, 0.5) is 29.7 Å². The number of para-hydroxylation sites is 1. The first kappa shape index (κ1) is 24.4. The van der Waals surface area contributed by atoms with Crippen LogP contribution in [0.3, 0.4) is 0 Å². The van der Waals surface area contributed by atoms with Crippen molar-refractivity contribution < 1.29 is 27.7 Å². The summed E-state index contributed by atoms with van der Waals surface area (Å²) < 4.78 is 39.3. The van der Waals surface area contributed by atoms with E-state index in [1.807, 2.05) is 0 Å². The van der Waals surface area contributed by atoms with Crippen molar-refractivity contribution in [2.45, 2.75) is 10.5 Å². The van der Waals surface area contributed by atoms with Gasteiger partial charge in [-0.05, 0) is 24.3 Å². The number of halogens is 4. The minimum atomic E-state index is -4.62. The van der Waals surface area contributed by atoms with Gasteiger partial charge in [0.15, 0.2) is 4.34 Å². The van der Waals surface area contributed by atoms with Crippen LogP contribution in [0.25, 0.3) is 0 Å². The number of nitrogens with one attached hydrogen (secondary N) is 2. The fourth-order valence-corrected chi connectivity index (χ4v) is 4.20. The van der Waals surface area contributed by atoms with Crippen molar-refractivity contribution >= 4 is 63.0 Å². The average Bonchev–Trinajstić information content (AvgIpc) is 3.19. The van der Waals surface area contributed by atoms with Crippen LogP contribution in [-0.2, 0) is 11.0 Å². The van der Waals surface area contributed by atoms with E-state index in [-0.39, 0.29) is 31.5 Å². The molecule has 0 saturated heterocycles. The Kier molecular flexibility index (Phi) is 7.50. The van der Waals surface area contributed by atoms with Crippen molar-refractivity contribution in [1.82, 2.24) is 10.2 Å². The van der Waals surface area contributed by atoms with Gasteiger partial charge >= 0.3 is 6.18 Å². The summed E-state index contributed by atoms with van der Waals surface area (Å²) in [5.41, 5.74) is -2.07. The number of anilines is 2. The molecule has 0 saturated carbocycles. The van der Waals surface area contributed by atoms with Crippen LogP contribution >= 0.6 is 34.7 Å². The van der Waals surface area contributed by atoms with Gasteiger partial charge in [0.25, 0.3) is 11.6 Å². The van der Waals surface area contributed by atoms with Crippen LogP contribution in [0.5, 0.6) is 0 Å². The van der Waals surface area contributed by atoms with E-state index in [0.29, 0.717) is 0 Å². The smallest absolute Gasteiger partial charge is 0.325 e. The van der Waals surface area contributed by atoms with Gasteiger partial charge in [0.05, 0.1) is 21.9 Å². The average molecular weight is 518 g/mol. The number of nitro benzene ring substituents is 1. The molecule has 2 aromatic carbocycles. The minimum Gasteiger partial charge on any atom is -0.325 e. The normalized spacial score (nSPS) is 11.2. The number of carbonyl (C=O) groups excluding carboxylic acids is 2. The number of rotatable bonds is 7. The van der Waals surface area contributed by atoms with Crippen molar-refractivity contribution in [3.05, 3.63) is 68.7 Å². The molecule has 0 radical (unpaired) electrons. The number of hydrogen-bond acceptors (Lipinski definition) is 8. The van der Waals surface area contributed by atoms with Gasteiger partial charge in [0.2, 0.25) is 11.0 Å². The lowest BCUT2D eigenvalue weighted by molar-refractivity contribution is -0.385. The number of amides is 2. The van der Waals surface area contributed by atoms with Crippen molar-refractivity contribution in [2.75, 3.05) is 16.4 Å². The molecule has 0 aliphatic carbocycles. The van der Waals surface area contributed by atoms with Gasteiger partial charge in [-0.3, -0.25) is 25.0 Å². The van der Waals surface area contributed by atoms with E-state index in [2.05, 4.69) is 20.8 Å². The van der Waals surface area contributed by atoms with E-state index in [4.69, 9.17) is 11.6 Å². The number of thioether (sulfide) groups is 1. The first-order valence-electron chi connectivity index (χ1n) is 8.72. The Balaban J connectivity index is 1.61. The third-order valence-corrected chi connectivity index (χ3v) is 6.07. The summed E-state index contributed by atoms with van der Waals surface area (Å²) in [6.45, 7) is 0. The second-order valence-electron chi connectivity index (χ2n) is 6.13. The van der Waals surface area contributed by atoms with E-state index in [9.17, 15) is 32.9 Å². The third-order valence-electron chi connectivity index (χ3n) is 3.86. The molecule has 0 aliphatic rings. The fraction of sp³-hybridized carbons (Fsp3) is 0.111. The van der Waals surface area contributed by atoms with Gasteiger partial charge in [0, 0.05) is 11.1 Å². The second kappa shape index (κ2) is 10.1. The van der Waals surface area contributed by atoms with Crippen LogP contribution < -0.4 is 10.6 Å². The van der Waals surface area contributed by atoms with Gasteiger partial charge in [-0.1, -0.05) is 46.8 Å². The Hall–Kier alpha value is -3.23. The van der Waals surface area contributed by atoms with Crippen molar-refractivity contribution in [3.63, 3.8) is 0 Å². The number of hydrogen-bond donors (Lipinski definition) is 2. The zero-order chi connectivity index (χ0) is 24.2. The molecule has 2 N–H and O–H groups in total. The standard InChI is InChI=1S/C18H11ClF3N5O4S2/c19-9-5-6-13(27(30)31)10(7-9)15(29)24-16-25-26-17(33-16)32-8-14(28)23-12-4-2-1-3-11(12)18(20,21)22/h1-7H,8H2,(H,23,28)(H,24,25,29). The molecule has 2 amide bonds. The lowest BCUT2D eigenvalue weighted by Crippen LogP contribution is -2.18. The first-order chi connectivity index (χ1) is 15.5. The van der Waals surface area contributed by atoms with Gasteiger partial charge < -0.3 is 5.32 Å². The van der Waals surface area contributed by atoms with Crippen LogP contribution in [0.15, 0.2) is 46.8 Å². The highest BCUT2D eigenvalue weighted by atomic mass is 35.5. The summed E-state index contributed by atoms with van der Waals surface area (Å²) in [4.78, 5) is 34.8. The molecule has 3 rings (SSSR count). The van der Waals surface area contributed by atoms with Crippen LogP contribution in [0.1, 0.15) is 15.9 Å². The fourth-order valence-electron chi connectivity index (χ4n) is 2.49. The maximum atomic E-state index is 13.0. The molecule has 0 bridgehead atoms. The minimum absolute atomic E-state index is 0.000372. The topological polar surface area (TPSA) is 127 Å². The lowest BCUT2D eigenvalue weighted by Gasteiger charge is -2.13. The van der Waals surface area contributed by atoms with Crippen LogP contribution in [-0.4, -0.2) is 32.7 Å². The molecule has 15 heteroatoms. The zero-order valence-corrected chi connectivity index (χ0v) is 18.4. The zero-order valence-electron chi connectivity index (χ0n) is 16.1. The largest absolute Gasteiger partial charge is 0.418 e. The molecule has 0 unspecified atom stereocenters. The van der Waals surface area contributed by atoms with Crippen molar-refractivity contribution in [3.8, 4) is 0 Å². The third kappa shape index (κ3) is 6.40. The van der Waals surface area contributed by atoms with Gasteiger partial charge in [-0.2, -0.15) is 13.2 Å². The second-order valence-corrected chi connectivity index (χ2v) is 8.76. The monoisotopic (exact) mass is 517 g/mol. The molecule has 9 nitrogen and oxygen atoms in total. The Morgan fingerprint density at radius 1 is 1.15 bits per heavy atom. The Morgan fingerprint density at radius 3 is 2.58 bits per heavy atom. The molecular weight excluding hydrogens is 507 g/mol. The molecule has 1 aromatic heterocycles. The summed E-state index contributed by atoms with van der Waals surface area (Å²) >= 11 is 7.57. The highest BCUT2D eigenvalue weighted by Gasteiger charge is 2.33. The van der Waals surface area contributed by atoms with E-state index in [1.165, 1.54) is 18.2 Å². The number of aromatic nitrogens is 2. The highest BCUT2D eigenvalue weighted by Crippen LogP contribution is 2.35. The number of benzene rings is 2. The number of alkyl halides is 3. The summed E-state index contributed by atoms with van der Waals surface area (Å²) in [7, 11) is 0. The van der Waals surface area contributed by atoms with Crippen LogP contribution in [0, 0.1) is 10.1 Å². The Labute approximate surface area is 196 Å². The molecular formula is C18H11ClF3N5O4S2. The molecule has 0 spiro atoms. The number of nitrogens with zero attached hydrogens (tertiary/aromatic N) is 3. The van der Waals surface area contributed by atoms with E-state index in [0.717, 1.165) is 47.4 Å². The predicted octanol–water partition coefficient (Wildman–Crippen LogP) is 5.10. The molecule has 33 heavy (non-hydrogen) atoms. The molecule has 0 atom stereocenters. The maximum absolute atomic E-state index is 13.0. The molecule has 0 aliphatic heterocycles. The van der Waals surface area contributed by atoms with E-state index < -0.39 is 34.2 Å². The summed E-state index contributed by atoms with van der Waals surface area (Å²) in [6, 6.07) is 8.06. The lowest BCUT2D eigenvalue weighted by atomic mass is 10.1. The SMILES string of the molecule is O=C(CSc1nnc(NC(=O)c2cc(Cl)ccc2[N+](=O)[O-])s1)Nc1ccccc1C(F)(F)F. The Bertz CT molecular complexity index is 1220. The number of carbonyl (C=O) groups is 2. The quantitative estimate of drug-likeness (QED) is 0.193. The van der Waals surface area contributed by atoms with E-state index >= 15 is 0 Å². The van der Waals surface area contributed by atoms with Crippen LogP contribution in [0.2, 0.25) is 5.02 Å². The summed E-state index contributed by atoms with van der Waals surface area (Å²) in [6.07, 6.45) is -4.62. The highest BCUT2D eigenvalue weighted by molar-refractivity contribution is 8.01. The maximum Gasteiger partial charge on any atom is 0.418 e. The Morgan fingerprint density at radius 2 is 1.88 bits per heavy atom. The summed E-state index contributed by atoms with van der Waals surface area (Å²) in [5, 5.41) is 23.3. The first-order valence-corrected chi connectivity index (χ1v) is 10.9. The summed E-state index contributed by atoms with van der Waals surface area (Å²) in [5.74, 6) is -1.81. The van der Waals surface area contributed by atoms with Crippen molar-refractivity contribution in [2.24, 2.45) is 0 Å². The molecule has 1 heterocycles. The van der Waals surface area contributed by atoms with Gasteiger partial charge in [-0.15, -0.1) is 10.2 Å². The van der Waals surface area contributed by atoms with Gasteiger partial charge in [0.1, 0.15) is 5.56 Å². The van der Waals surface area contributed by atoms with Crippen molar-refractivity contribution in [1.29, 1.82) is 0 Å².